The number of hydrogen-bond acceptors (Lipinski definition) is 5. The Hall–Kier alpha value is -2.27. The van der Waals surface area contributed by atoms with Crippen molar-refractivity contribution in [3.05, 3.63) is 42.6 Å². The number of nitrogens with two attached hydrogens (primary N) is 1. The van der Waals surface area contributed by atoms with Crippen molar-refractivity contribution >= 4 is 17.2 Å². The van der Waals surface area contributed by atoms with Crippen LogP contribution in [0, 0.1) is 0 Å². The van der Waals surface area contributed by atoms with Gasteiger partial charge in [0.15, 0.2) is 0 Å². The van der Waals surface area contributed by atoms with Gasteiger partial charge >= 0.3 is 0 Å². The highest BCUT2D eigenvalue weighted by atomic mass is 16.5. The van der Waals surface area contributed by atoms with E-state index in [1.165, 1.54) is 0 Å². The molecule has 2 aromatic rings. The predicted molar refractivity (Wildman–Crippen MR) is 72.9 cm³/mol. The van der Waals surface area contributed by atoms with Crippen LogP contribution in [-0.2, 0) is 0 Å². The molecule has 0 atom stereocenters. The highest BCUT2D eigenvalue weighted by Gasteiger charge is 1.98. The molecule has 0 radical (unpaired) electrons. The number of nitrogen functional groups attached to an aromatic ring is 1. The van der Waals surface area contributed by atoms with Crippen molar-refractivity contribution in [1.82, 2.24) is 4.98 Å². The summed E-state index contributed by atoms with van der Waals surface area (Å²) in [4.78, 5) is 4.04. The van der Waals surface area contributed by atoms with Gasteiger partial charge in [0.05, 0.1) is 6.61 Å². The highest BCUT2D eigenvalue weighted by Crippen LogP contribution is 2.20. The van der Waals surface area contributed by atoms with Crippen LogP contribution in [0.1, 0.15) is 6.92 Å². The van der Waals surface area contributed by atoms with Gasteiger partial charge < -0.3 is 15.5 Å². The van der Waals surface area contributed by atoms with E-state index >= 15 is 0 Å². The zero-order valence-corrected chi connectivity index (χ0v) is 10.2. The second-order valence-electron chi connectivity index (χ2n) is 3.66. The maximum absolute atomic E-state index is 5.38. The smallest absolute Gasteiger partial charge is 0.141 e. The van der Waals surface area contributed by atoms with E-state index in [1.807, 2.05) is 43.3 Å². The second-order valence-corrected chi connectivity index (χ2v) is 3.66. The minimum absolute atomic E-state index is 0.617. The Morgan fingerprint density at radius 3 is 2.61 bits per heavy atom. The van der Waals surface area contributed by atoms with Gasteiger partial charge in [0.25, 0.3) is 0 Å². The third-order valence-corrected chi connectivity index (χ3v) is 2.36. The number of hydrogen-bond donors (Lipinski definition) is 3. The van der Waals surface area contributed by atoms with E-state index in [0.717, 1.165) is 17.1 Å². The quantitative estimate of drug-likeness (QED) is 0.556. The average molecular weight is 244 g/mol. The first-order chi connectivity index (χ1) is 8.81. The maximum atomic E-state index is 5.38. The number of rotatable bonds is 5. The summed E-state index contributed by atoms with van der Waals surface area (Å²) >= 11 is 0. The van der Waals surface area contributed by atoms with Crippen LogP contribution in [0.25, 0.3) is 0 Å². The molecule has 0 saturated carbocycles. The second kappa shape index (κ2) is 5.88. The van der Waals surface area contributed by atoms with Crippen molar-refractivity contribution in [2.45, 2.75) is 6.92 Å². The maximum Gasteiger partial charge on any atom is 0.141 e. The van der Waals surface area contributed by atoms with Crippen LogP contribution in [-0.4, -0.2) is 11.6 Å². The third kappa shape index (κ3) is 3.11. The number of hydrazine groups is 1. The van der Waals surface area contributed by atoms with Gasteiger partial charge in [-0.2, -0.15) is 0 Å². The molecule has 0 spiro atoms. The summed E-state index contributed by atoms with van der Waals surface area (Å²) in [6, 6.07) is 11.5. The number of nitrogens with one attached hydrogen (secondary N) is 2. The van der Waals surface area contributed by atoms with Crippen molar-refractivity contribution in [1.29, 1.82) is 0 Å². The Morgan fingerprint density at radius 1 is 1.17 bits per heavy atom. The average Bonchev–Trinajstić information content (AvgIpc) is 2.42. The van der Waals surface area contributed by atoms with Crippen molar-refractivity contribution in [2.75, 3.05) is 17.3 Å². The molecule has 0 aliphatic heterocycles. The molecule has 0 bridgehead atoms. The zero-order valence-electron chi connectivity index (χ0n) is 10.2. The van der Waals surface area contributed by atoms with Crippen molar-refractivity contribution in [3.63, 3.8) is 0 Å². The van der Waals surface area contributed by atoms with E-state index in [1.54, 1.807) is 6.20 Å². The number of nitrogens with zero attached hydrogens (tertiary/aromatic N) is 1. The summed E-state index contributed by atoms with van der Waals surface area (Å²) in [7, 11) is 0. The molecular formula is C13H16N4O. The number of ether oxygens (including phenoxy) is 1. The molecule has 94 valence electrons. The molecule has 5 nitrogen and oxygen atoms in total. The SMILES string of the molecule is CCOc1ccc(Nc2ccnc(NN)c2)cc1. The molecule has 0 unspecified atom stereocenters. The Labute approximate surface area is 106 Å². The lowest BCUT2D eigenvalue weighted by Gasteiger charge is -2.08. The molecule has 0 fully saturated rings. The van der Waals surface area contributed by atoms with E-state index < -0.39 is 0 Å². The lowest BCUT2D eigenvalue weighted by atomic mass is 10.3. The third-order valence-electron chi connectivity index (χ3n) is 2.36. The van der Waals surface area contributed by atoms with Gasteiger partial charge in [-0.1, -0.05) is 0 Å². The minimum atomic E-state index is 0.617. The van der Waals surface area contributed by atoms with Gasteiger partial charge in [-0.25, -0.2) is 10.8 Å². The van der Waals surface area contributed by atoms with Gasteiger partial charge in [-0.3, -0.25) is 0 Å². The summed E-state index contributed by atoms with van der Waals surface area (Å²) in [5.41, 5.74) is 4.41. The van der Waals surface area contributed by atoms with E-state index in [9.17, 15) is 0 Å². The molecule has 2 rings (SSSR count). The molecule has 18 heavy (non-hydrogen) atoms. The van der Waals surface area contributed by atoms with E-state index in [2.05, 4.69) is 15.7 Å². The molecule has 1 aromatic carbocycles. The number of benzene rings is 1. The fourth-order valence-electron chi connectivity index (χ4n) is 1.56. The summed E-state index contributed by atoms with van der Waals surface area (Å²) in [6.45, 7) is 2.63. The fourth-order valence-corrected chi connectivity index (χ4v) is 1.56. The number of aromatic nitrogens is 1. The lowest BCUT2D eigenvalue weighted by molar-refractivity contribution is 0.340. The number of pyridine rings is 1. The molecule has 0 amide bonds. The monoisotopic (exact) mass is 244 g/mol. The Morgan fingerprint density at radius 2 is 1.94 bits per heavy atom. The molecule has 4 N–H and O–H groups in total. The summed E-state index contributed by atoms with van der Waals surface area (Å²) in [5.74, 6) is 6.79. The molecule has 0 aliphatic carbocycles. The van der Waals surface area contributed by atoms with Crippen LogP contribution < -0.4 is 21.3 Å². The molecular weight excluding hydrogens is 228 g/mol. The van der Waals surface area contributed by atoms with Gasteiger partial charge in [0, 0.05) is 23.6 Å². The topological polar surface area (TPSA) is 72.2 Å². The molecule has 0 aliphatic rings. The van der Waals surface area contributed by atoms with Crippen LogP contribution in [0.2, 0.25) is 0 Å². The summed E-state index contributed by atoms with van der Waals surface area (Å²) < 4.78 is 5.38. The van der Waals surface area contributed by atoms with Crippen LogP contribution in [0.4, 0.5) is 17.2 Å². The highest BCUT2D eigenvalue weighted by molar-refractivity contribution is 5.62. The Kier molecular flexibility index (Phi) is 3.98. The molecule has 0 saturated heterocycles. The minimum Gasteiger partial charge on any atom is -0.494 e. The normalized spacial score (nSPS) is 9.89. The van der Waals surface area contributed by atoms with Gasteiger partial charge in [-0.15, -0.1) is 0 Å². The van der Waals surface area contributed by atoms with Crippen molar-refractivity contribution < 1.29 is 4.74 Å². The van der Waals surface area contributed by atoms with E-state index in [4.69, 9.17) is 10.6 Å². The van der Waals surface area contributed by atoms with E-state index in [-0.39, 0.29) is 0 Å². The number of anilines is 3. The van der Waals surface area contributed by atoms with Crippen LogP contribution in [0.3, 0.4) is 0 Å². The first-order valence-electron chi connectivity index (χ1n) is 5.74. The molecule has 1 aromatic heterocycles. The zero-order chi connectivity index (χ0) is 12.8. The van der Waals surface area contributed by atoms with Gasteiger partial charge in [0.2, 0.25) is 0 Å². The molecule has 1 heterocycles. The summed E-state index contributed by atoms with van der Waals surface area (Å²) in [5, 5.41) is 3.26. The fraction of sp³-hybridized carbons (Fsp3) is 0.154. The first-order valence-corrected chi connectivity index (χ1v) is 5.74. The van der Waals surface area contributed by atoms with Crippen molar-refractivity contribution in [3.8, 4) is 5.75 Å². The van der Waals surface area contributed by atoms with E-state index in [0.29, 0.717) is 12.4 Å². The predicted octanol–water partition coefficient (Wildman–Crippen LogP) is 2.51. The van der Waals surface area contributed by atoms with Crippen molar-refractivity contribution in [2.24, 2.45) is 5.84 Å². The Balaban J connectivity index is 2.08. The standard InChI is InChI=1S/C13H16N4O/c1-2-18-12-5-3-10(4-6-12)16-11-7-8-15-13(9-11)17-14/h3-9H,2,14H2,1H3,(H2,15,16,17). The largest absolute Gasteiger partial charge is 0.494 e. The van der Waals surface area contributed by atoms with Gasteiger partial charge in [-0.05, 0) is 37.3 Å². The van der Waals surface area contributed by atoms with Crippen LogP contribution in [0.5, 0.6) is 5.75 Å². The van der Waals surface area contributed by atoms with Crippen LogP contribution >= 0.6 is 0 Å². The van der Waals surface area contributed by atoms with Crippen LogP contribution in [0.15, 0.2) is 42.6 Å². The van der Waals surface area contributed by atoms with Gasteiger partial charge in [0.1, 0.15) is 11.6 Å². The summed E-state index contributed by atoms with van der Waals surface area (Å²) in [6.07, 6.45) is 1.69. The molecule has 5 heteroatoms. The first kappa shape index (κ1) is 12.2. The Bertz CT molecular complexity index is 499. The lowest BCUT2D eigenvalue weighted by Crippen LogP contribution is -2.08.